The fourth-order valence-corrected chi connectivity index (χ4v) is 1.11. The largest absolute Gasteiger partial charge is 0.379 e. The molecule has 0 unspecified atom stereocenters. The van der Waals surface area contributed by atoms with E-state index >= 15 is 0 Å². The molecule has 0 spiro atoms. The molecule has 0 fully saturated rings. The third kappa shape index (κ3) is 15.2. The van der Waals surface area contributed by atoms with Crippen LogP contribution in [0.4, 0.5) is 0 Å². The van der Waals surface area contributed by atoms with Crippen LogP contribution in [0, 0.1) is 0 Å². The number of nitrogens with two attached hydrogens (primary N) is 2. The van der Waals surface area contributed by atoms with Crippen LogP contribution >= 0.6 is 0 Å². The van der Waals surface area contributed by atoms with Gasteiger partial charge in [-0.05, 0) is 12.8 Å². The highest BCUT2D eigenvalue weighted by atomic mass is 16.5. The Morgan fingerprint density at radius 3 is 1.94 bits per heavy atom. The normalized spacial score (nSPS) is 11.4. The molecule has 0 aromatic carbocycles. The second-order valence-corrected chi connectivity index (χ2v) is 3.48. The highest BCUT2D eigenvalue weighted by molar-refractivity contribution is 4.40. The standard InChI is InChI=1S/C10H25N5O3/c11-13-3-1-5-16-7-9-18-10-8-17-6-2-4-14-15-12/h13H,1-11H2,(H2,12,14). The van der Waals surface area contributed by atoms with Crippen LogP contribution in [0.3, 0.4) is 0 Å². The third-order valence-electron chi connectivity index (χ3n) is 1.98. The van der Waals surface area contributed by atoms with Crippen molar-refractivity contribution in [2.75, 3.05) is 52.7 Å². The van der Waals surface area contributed by atoms with Gasteiger partial charge in [-0.3, -0.25) is 11.3 Å². The Morgan fingerprint density at radius 1 is 0.833 bits per heavy atom. The van der Waals surface area contributed by atoms with Crippen molar-refractivity contribution >= 4 is 0 Å². The van der Waals surface area contributed by atoms with Crippen molar-refractivity contribution in [3.63, 3.8) is 0 Å². The fourth-order valence-electron chi connectivity index (χ4n) is 1.11. The summed E-state index contributed by atoms with van der Waals surface area (Å²) >= 11 is 0. The predicted molar refractivity (Wildman–Crippen MR) is 67.8 cm³/mol. The van der Waals surface area contributed by atoms with Crippen molar-refractivity contribution in [3.05, 3.63) is 0 Å². The van der Waals surface area contributed by atoms with E-state index in [0.717, 1.165) is 19.4 Å². The molecule has 8 nitrogen and oxygen atoms in total. The highest BCUT2D eigenvalue weighted by Gasteiger charge is 1.92. The molecule has 0 atom stereocenters. The van der Waals surface area contributed by atoms with E-state index in [1.807, 2.05) is 0 Å². The Labute approximate surface area is 108 Å². The minimum absolute atomic E-state index is 0.576. The second kappa shape index (κ2) is 16.2. The van der Waals surface area contributed by atoms with Crippen LogP contribution in [-0.2, 0) is 14.2 Å². The number of hydrazine groups is 1. The van der Waals surface area contributed by atoms with Crippen molar-refractivity contribution in [2.45, 2.75) is 12.8 Å². The molecule has 0 heterocycles. The third-order valence-corrected chi connectivity index (χ3v) is 1.98. The van der Waals surface area contributed by atoms with Crippen molar-refractivity contribution in [1.82, 2.24) is 5.43 Å². The summed E-state index contributed by atoms with van der Waals surface area (Å²) in [7, 11) is 0. The minimum atomic E-state index is 0.576. The van der Waals surface area contributed by atoms with Gasteiger partial charge in [-0.2, -0.15) is 5.11 Å². The molecule has 0 amide bonds. The van der Waals surface area contributed by atoms with Crippen molar-refractivity contribution < 1.29 is 14.2 Å². The molecular weight excluding hydrogens is 238 g/mol. The fraction of sp³-hybridized carbons (Fsp3) is 1.00. The smallest absolute Gasteiger partial charge is 0.0701 e. The van der Waals surface area contributed by atoms with Gasteiger partial charge in [0.1, 0.15) is 0 Å². The molecule has 0 aliphatic heterocycles. The summed E-state index contributed by atoms with van der Waals surface area (Å²) in [5, 5.41) is 6.77. The molecule has 0 bridgehead atoms. The molecule has 0 rings (SSSR count). The molecule has 108 valence electrons. The Kier molecular flexibility index (Phi) is 15.5. The van der Waals surface area contributed by atoms with Gasteiger partial charge in [0.15, 0.2) is 0 Å². The van der Waals surface area contributed by atoms with Gasteiger partial charge in [0.25, 0.3) is 0 Å². The molecule has 0 radical (unpaired) electrons. The first-order valence-corrected chi connectivity index (χ1v) is 6.15. The van der Waals surface area contributed by atoms with Crippen LogP contribution in [0.1, 0.15) is 12.8 Å². The molecule has 0 saturated carbocycles. The SMILES string of the molecule is NN=NCCCOCCOCCOCCCNN. The van der Waals surface area contributed by atoms with E-state index in [1.165, 1.54) is 0 Å². The van der Waals surface area contributed by atoms with Crippen LogP contribution in [0.5, 0.6) is 0 Å². The van der Waals surface area contributed by atoms with E-state index in [9.17, 15) is 0 Å². The van der Waals surface area contributed by atoms with E-state index in [0.29, 0.717) is 46.2 Å². The summed E-state index contributed by atoms with van der Waals surface area (Å²) < 4.78 is 15.9. The number of nitrogens with one attached hydrogen (secondary N) is 1. The Bertz CT molecular complexity index is 183. The molecule has 18 heavy (non-hydrogen) atoms. The Balaban J connectivity index is 2.90. The maximum atomic E-state index is 5.32. The van der Waals surface area contributed by atoms with Gasteiger partial charge in [-0.25, -0.2) is 0 Å². The first-order chi connectivity index (χ1) is 8.91. The van der Waals surface area contributed by atoms with Crippen LogP contribution in [-0.4, -0.2) is 52.7 Å². The zero-order valence-electron chi connectivity index (χ0n) is 10.8. The van der Waals surface area contributed by atoms with Gasteiger partial charge in [0, 0.05) is 19.8 Å². The lowest BCUT2D eigenvalue weighted by molar-refractivity contribution is 0.0140. The lowest BCUT2D eigenvalue weighted by Crippen LogP contribution is -2.24. The molecule has 0 aromatic rings. The van der Waals surface area contributed by atoms with Gasteiger partial charge >= 0.3 is 0 Å². The summed E-state index contributed by atoms with van der Waals surface area (Å²) in [6, 6.07) is 0. The minimum Gasteiger partial charge on any atom is -0.379 e. The molecule has 0 aromatic heterocycles. The van der Waals surface area contributed by atoms with Crippen molar-refractivity contribution in [3.8, 4) is 0 Å². The van der Waals surface area contributed by atoms with Gasteiger partial charge in [0.05, 0.1) is 33.0 Å². The Hall–Kier alpha value is -0.800. The number of nitrogens with zero attached hydrogens (tertiary/aromatic N) is 2. The first kappa shape index (κ1) is 17.2. The topological polar surface area (TPSA) is 116 Å². The van der Waals surface area contributed by atoms with E-state index in [4.69, 9.17) is 25.9 Å². The van der Waals surface area contributed by atoms with Crippen LogP contribution in [0.15, 0.2) is 10.3 Å². The quantitative estimate of drug-likeness (QED) is 0.170. The summed E-state index contributed by atoms with van der Waals surface area (Å²) in [5.41, 5.74) is 2.56. The van der Waals surface area contributed by atoms with E-state index < -0.39 is 0 Å². The Morgan fingerprint density at radius 2 is 1.39 bits per heavy atom. The summed E-state index contributed by atoms with van der Waals surface area (Å²) in [6.45, 7) is 5.04. The first-order valence-electron chi connectivity index (χ1n) is 6.15. The molecular formula is C10H25N5O3. The number of ether oxygens (including phenoxy) is 3. The lowest BCUT2D eigenvalue weighted by atomic mass is 10.5. The zero-order valence-corrected chi connectivity index (χ0v) is 10.8. The summed E-state index contributed by atoms with van der Waals surface area (Å²) in [4.78, 5) is 0. The monoisotopic (exact) mass is 263 g/mol. The molecule has 8 heteroatoms. The van der Waals surface area contributed by atoms with Gasteiger partial charge in [-0.1, -0.05) is 5.22 Å². The molecule has 0 aliphatic rings. The highest BCUT2D eigenvalue weighted by Crippen LogP contribution is 1.86. The summed E-state index contributed by atoms with van der Waals surface area (Å²) in [5.74, 6) is 9.97. The zero-order chi connectivity index (χ0) is 13.3. The average Bonchev–Trinajstić information content (AvgIpc) is 2.39. The van der Waals surface area contributed by atoms with Gasteiger partial charge in [0.2, 0.25) is 0 Å². The number of hydrogen-bond acceptors (Lipinski definition) is 7. The average molecular weight is 263 g/mol. The number of hydrogen-bond donors (Lipinski definition) is 3. The maximum absolute atomic E-state index is 5.32. The van der Waals surface area contributed by atoms with Crippen LogP contribution in [0.25, 0.3) is 0 Å². The predicted octanol–water partition coefficient (Wildman–Crippen LogP) is -0.394. The van der Waals surface area contributed by atoms with Crippen molar-refractivity contribution in [1.29, 1.82) is 0 Å². The van der Waals surface area contributed by atoms with Gasteiger partial charge in [-0.15, -0.1) is 0 Å². The second-order valence-electron chi connectivity index (χ2n) is 3.48. The molecule has 0 aliphatic carbocycles. The van der Waals surface area contributed by atoms with Crippen LogP contribution < -0.4 is 17.1 Å². The van der Waals surface area contributed by atoms with Crippen molar-refractivity contribution in [2.24, 2.45) is 22.0 Å². The number of rotatable bonds is 14. The molecule has 5 N–H and O–H groups in total. The van der Waals surface area contributed by atoms with E-state index in [2.05, 4.69) is 15.8 Å². The van der Waals surface area contributed by atoms with Crippen LogP contribution in [0.2, 0.25) is 0 Å². The van der Waals surface area contributed by atoms with Gasteiger partial charge < -0.3 is 20.1 Å². The van der Waals surface area contributed by atoms with E-state index in [1.54, 1.807) is 0 Å². The lowest BCUT2D eigenvalue weighted by Gasteiger charge is -2.06. The summed E-state index contributed by atoms with van der Waals surface area (Å²) in [6.07, 6.45) is 1.72. The van der Waals surface area contributed by atoms with E-state index in [-0.39, 0.29) is 0 Å². The molecule has 0 saturated heterocycles. The maximum Gasteiger partial charge on any atom is 0.0701 e.